The summed E-state index contributed by atoms with van der Waals surface area (Å²) >= 11 is 0. The van der Waals surface area contributed by atoms with Crippen molar-refractivity contribution in [2.24, 2.45) is 11.8 Å². The van der Waals surface area contributed by atoms with Crippen LogP contribution in [0.4, 0.5) is 0 Å². The van der Waals surface area contributed by atoms with Crippen LogP contribution in [0.15, 0.2) is 60.7 Å². The molecule has 1 aromatic rings. The van der Waals surface area contributed by atoms with Crippen LogP contribution in [-0.2, 0) is 0 Å². The maximum Gasteiger partial charge on any atom is 0 e. The molecule has 2 saturated carbocycles. The molecule has 0 aliphatic heterocycles. The van der Waals surface area contributed by atoms with Crippen LogP contribution in [0.2, 0.25) is 0 Å². The largest absolute Gasteiger partial charge is 0.0779 e. The van der Waals surface area contributed by atoms with Crippen molar-refractivity contribution in [2.45, 2.75) is 78.1 Å². The van der Waals surface area contributed by atoms with E-state index in [0.29, 0.717) is 5.92 Å². The summed E-state index contributed by atoms with van der Waals surface area (Å²) in [7, 11) is 0. The van der Waals surface area contributed by atoms with E-state index in [-0.39, 0.29) is 1.43 Å². The molecular weight excluding hydrogens is 288 g/mol. The van der Waals surface area contributed by atoms with Crippen molar-refractivity contribution < 1.29 is 1.43 Å². The quantitative estimate of drug-likeness (QED) is 0.450. The van der Waals surface area contributed by atoms with E-state index in [1.807, 2.05) is 36.4 Å². The molecule has 136 valence electrons. The van der Waals surface area contributed by atoms with E-state index >= 15 is 0 Å². The van der Waals surface area contributed by atoms with Crippen molar-refractivity contribution in [3.05, 3.63) is 60.7 Å². The summed E-state index contributed by atoms with van der Waals surface area (Å²) in [6, 6.07) is 12.0. The molecular formula is C24H40. The predicted octanol–water partition coefficient (Wildman–Crippen LogP) is 8.22. The Labute approximate surface area is 152 Å². The van der Waals surface area contributed by atoms with Crippen LogP contribution in [0.1, 0.15) is 79.5 Å². The molecule has 4 rings (SSSR count). The first kappa shape index (κ1) is 20.7. The lowest BCUT2D eigenvalue weighted by Gasteiger charge is -2.05. The molecule has 0 N–H and O–H groups in total. The second-order valence-corrected chi connectivity index (χ2v) is 7.29. The Hall–Kier alpha value is -1.30. The van der Waals surface area contributed by atoms with Gasteiger partial charge in [-0.15, -0.1) is 0 Å². The highest BCUT2D eigenvalue weighted by Gasteiger charge is 2.07. The minimum Gasteiger partial charge on any atom is -0.0779 e. The topological polar surface area (TPSA) is 0 Å². The molecule has 0 saturated heterocycles. The van der Waals surface area contributed by atoms with Crippen molar-refractivity contribution in [3.8, 4) is 0 Å². The second-order valence-electron chi connectivity index (χ2n) is 7.29. The van der Waals surface area contributed by atoms with E-state index < -0.39 is 0 Å². The normalized spacial score (nSPS) is 19.4. The fourth-order valence-corrected chi connectivity index (χ4v) is 3.12. The van der Waals surface area contributed by atoms with Gasteiger partial charge in [-0.3, -0.25) is 0 Å². The van der Waals surface area contributed by atoms with Gasteiger partial charge in [-0.2, -0.15) is 0 Å². The van der Waals surface area contributed by atoms with Gasteiger partial charge in [0.2, 0.25) is 0 Å². The summed E-state index contributed by atoms with van der Waals surface area (Å²) in [5.41, 5.74) is 0. The van der Waals surface area contributed by atoms with Crippen molar-refractivity contribution >= 4 is 0 Å². The minimum atomic E-state index is 0. The molecule has 2 fully saturated rings. The molecule has 1 aromatic carbocycles. The van der Waals surface area contributed by atoms with Gasteiger partial charge >= 0.3 is 0 Å². The van der Waals surface area contributed by atoms with Gasteiger partial charge in [0, 0.05) is 1.43 Å². The summed E-state index contributed by atoms with van der Waals surface area (Å²) < 4.78 is 0. The molecule has 3 aliphatic rings. The van der Waals surface area contributed by atoms with Crippen molar-refractivity contribution in [3.63, 3.8) is 0 Å². The molecule has 0 atom stereocenters. The third-order valence-electron chi connectivity index (χ3n) is 4.75. The maximum absolute atomic E-state index is 2.34. The Morgan fingerprint density at radius 2 is 0.875 bits per heavy atom. The van der Waals surface area contributed by atoms with Crippen LogP contribution >= 0.6 is 0 Å². The SMILES string of the molecule is C1CCCCC1.CC1C=CC=C1.CC1CCCC1.[HH].c1ccccc1. The van der Waals surface area contributed by atoms with Crippen molar-refractivity contribution in [1.82, 2.24) is 0 Å². The summed E-state index contributed by atoms with van der Waals surface area (Å²) in [5, 5.41) is 0. The van der Waals surface area contributed by atoms with Crippen LogP contribution in [0.3, 0.4) is 0 Å². The van der Waals surface area contributed by atoms with Gasteiger partial charge < -0.3 is 0 Å². The monoisotopic (exact) mass is 328 g/mol. The average molecular weight is 329 g/mol. The molecule has 3 aliphatic carbocycles. The van der Waals surface area contributed by atoms with Crippen LogP contribution in [0, 0.1) is 11.8 Å². The smallest absolute Gasteiger partial charge is 0 e. The fourth-order valence-electron chi connectivity index (χ4n) is 3.12. The summed E-state index contributed by atoms with van der Waals surface area (Å²) in [6.45, 7) is 4.51. The van der Waals surface area contributed by atoms with E-state index in [2.05, 4.69) is 38.2 Å². The average Bonchev–Trinajstić information content (AvgIpc) is 3.33. The Bertz CT molecular complexity index is 361. The Morgan fingerprint density at radius 3 is 1.04 bits per heavy atom. The first-order chi connectivity index (χ1) is 11.8. The van der Waals surface area contributed by atoms with Crippen LogP contribution in [0.5, 0.6) is 0 Å². The Kier molecular flexibility index (Phi) is 13.2. The molecule has 0 bridgehead atoms. The molecule has 0 heterocycles. The maximum atomic E-state index is 2.34. The highest BCUT2D eigenvalue weighted by molar-refractivity contribution is 5.15. The predicted molar refractivity (Wildman–Crippen MR) is 111 cm³/mol. The van der Waals surface area contributed by atoms with Crippen LogP contribution in [0.25, 0.3) is 0 Å². The third kappa shape index (κ3) is 13.2. The van der Waals surface area contributed by atoms with E-state index in [1.54, 1.807) is 0 Å². The molecule has 0 spiro atoms. The lowest BCUT2D eigenvalue weighted by Crippen LogP contribution is -1.85. The molecule has 0 aromatic heterocycles. The van der Waals surface area contributed by atoms with E-state index in [0.717, 1.165) is 5.92 Å². The van der Waals surface area contributed by atoms with Crippen molar-refractivity contribution in [1.29, 1.82) is 0 Å². The summed E-state index contributed by atoms with van der Waals surface area (Å²) in [4.78, 5) is 0. The molecule has 0 radical (unpaired) electrons. The van der Waals surface area contributed by atoms with Crippen LogP contribution < -0.4 is 0 Å². The van der Waals surface area contributed by atoms with Gasteiger partial charge in [0.15, 0.2) is 0 Å². The van der Waals surface area contributed by atoms with Gasteiger partial charge in [0.25, 0.3) is 0 Å². The molecule has 0 nitrogen and oxygen atoms in total. The van der Waals surface area contributed by atoms with Gasteiger partial charge in [-0.25, -0.2) is 0 Å². The Balaban J connectivity index is 0.000000303. The minimum absolute atomic E-state index is 0. The lowest BCUT2D eigenvalue weighted by atomic mass is 10.0. The summed E-state index contributed by atoms with van der Waals surface area (Å²) in [5.74, 6) is 1.73. The lowest BCUT2D eigenvalue weighted by molar-refractivity contribution is 0.504. The molecule has 0 amide bonds. The van der Waals surface area contributed by atoms with Gasteiger partial charge in [0.05, 0.1) is 0 Å². The Morgan fingerprint density at radius 1 is 0.542 bits per heavy atom. The van der Waals surface area contributed by atoms with Crippen molar-refractivity contribution in [2.75, 3.05) is 0 Å². The molecule has 0 heteroatoms. The zero-order valence-corrected chi connectivity index (χ0v) is 16.0. The zero-order valence-electron chi connectivity index (χ0n) is 16.0. The van der Waals surface area contributed by atoms with Crippen LogP contribution in [-0.4, -0.2) is 0 Å². The standard InChI is InChI=1S/C6H12.C6H8.C6H12.C6H6.H2/c2*1-6-4-2-3-5-6;2*1-2-4-6-5-3-1;/h6H,2-5H2,1H3;2-6H,1H3;1-6H2;1-6H;1H. The number of rotatable bonds is 0. The van der Waals surface area contributed by atoms with Gasteiger partial charge in [-0.05, 0) is 11.8 Å². The highest BCUT2D eigenvalue weighted by Crippen LogP contribution is 2.22. The van der Waals surface area contributed by atoms with Gasteiger partial charge in [0.1, 0.15) is 0 Å². The first-order valence-electron chi connectivity index (χ1n) is 10.1. The summed E-state index contributed by atoms with van der Waals surface area (Å²) in [6.07, 6.45) is 23.4. The first-order valence-corrected chi connectivity index (χ1v) is 10.1. The number of hydrogen-bond acceptors (Lipinski definition) is 0. The second kappa shape index (κ2) is 15.2. The van der Waals surface area contributed by atoms with E-state index in [1.165, 1.54) is 64.2 Å². The number of benzene rings is 1. The number of hydrogen-bond donors (Lipinski definition) is 0. The zero-order chi connectivity index (χ0) is 17.3. The third-order valence-corrected chi connectivity index (χ3v) is 4.75. The molecule has 24 heavy (non-hydrogen) atoms. The number of allylic oxidation sites excluding steroid dienone is 4. The van der Waals surface area contributed by atoms with E-state index in [9.17, 15) is 0 Å². The fraction of sp³-hybridized carbons (Fsp3) is 0.583. The molecule has 0 unspecified atom stereocenters. The highest BCUT2D eigenvalue weighted by atomic mass is 14.1. The van der Waals surface area contributed by atoms with Gasteiger partial charge in [-0.1, -0.05) is 139 Å². The van der Waals surface area contributed by atoms with E-state index in [4.69, 9.17) is 0 Å².